The Balaban J connectivity index is 1.25. The summed E-state index contributed by atoms with van der Waals surface area (Å²) < 4.78 is 5.88. The highest BCUT2D eigenvalue weighted by atomic mass is 79.9. The number of hydrogen-bond donors (Lipinski definition) is 2. The summed E-state index contributed by atoms with van der Waals surface area (Å²) in [5.74, 6) is 0.356. The van der Waals surface area contributed by atoms with Gasteiger partial charge in [-0.2, -0.15) is 0 Å². The third kappa shape index (κ3) is 7.18. The largest absolute Gasteiger partial charge is 0.496 e. The molecular formula is C28H27BrN4O3S. The van der Waals surface area contributed by atoms with Crippen LogP contribution >= 0.6 is 28.1 Å². The summed E-state index contributed by atoms with van der Waals surface area (Å²) >= 11 is 8.69. The van der Waals surface area contributed by atoms with Gasteiger partial charge in [0, 0.05) is 49.2 Å². The van der Waals surface area contributed by atoms with E-state index in [0.29, 0.717) is 28.9 Å². The van der Waals surface area contributed by atoms with Crippen molar-refractivity contribution in [1.82, 2.24) is 10.2 Å². The van der Waals surface area contributed by atoms with Crippen molar-refractivity contribution in [2.75, 3.05) is 43.5 Å². The molecule has 3 aromatic carbocycles. The molecule has 0 atom stereocenters. The molecule has 1 aliphatic heterocycles. The zero-order valence-electron chi connectivity index (χ0n) is 20.3. The average Bonchev–Trinajstić information content (AvgIpc) is 2.92. The Morgan fingerprint density at radius 3 is 2.32 bits per heavy atom. The van der Waals surface area contributed by atoms with Crippen LogP contribution in [0.5, 0.6) is 5.75 Å². The molecular weight excluding hydrogens is 552 g/mol. The Morgan fingerprint density at radius 1 is 0.973 bits per heavy atom. The summed E-state index contributed by atoms with van der Waals surface area (Å²) in [6.45, 7) is 2.83. The van der Waals surface area contributed by atoms with Gasteiger partial charge in [-0.25, -0.2) is 0 Å². The average molecular weight is 580 g/mol. The summed E-state index contributed by atoms with van der Waals surface area (Å²) in [4.78, 5) is 29.2. The molecule has 0 radical (unpaired) electrons. The van der Waals surface area contributed by atoms with Crippen molar-refractivity contribution >= 4 is 62.5 Å². The molecule has 9 heteroatoms. The van der Waals surface area contributed by atoms with E-state index in [1.54, 1.807) is 31.4 Å². The van der Waals surface area contributed by atoms with Crippen molar-refractivity contribution in [3.05, 3.63) is 94.5 Å². The van der Waals surface area contributed by atoms with Crippen LogP contribution in [0.25, 0.3) is 6.08 Å². The SMILES string of the molecule is COc1ccc(C(=O)NC(=S)Nc2ccc(N3CCN(C(=O)/C=C/c4ccccc4)CC3)cc2)cc1Br. The Hall–Kier alpha value is -3.69. The van der Waals surface area contributed by atoms with E-state index in [9.17, 15) is 9.59 Å². The monoisotopic (exact) mass is 578 g/mol. The Labute approximate surface area is 230 Å². The molecule has 4 rings (SSSR count). The zero-order valence-corrected chi connectivity index (χ0v) is 22.7. The minimum absolute atomic E-state index is 0.0283. The number of hydrogen-bond acceptors (Lipinski definition) is 5. The second-order valence-corrected chi connectivity index (χ2v) is 9.62. The van der Waals surface area contributed by atoms with E-state index in [4.69, 9.17) is 17.0 Å². The Morgan fingerprint density at radius 2 is 1.68 bits per heavy atom. The van der Waals surface area contributed by atoms with Crippen LogP contribution in [0.1, 0.15) is 15.9 Å². The third-order valence-electron chi connectivity index (χ3n) is 5.94. The lowest BCUT2D eigenvalue weighted by atomic mass is 10.2. The number of nitrogens with one attached hydrogen (secondary N) is 2. The molecule has 0 aliphatic carbocycles. The molecule has 0 aromatic heterocycles. The molecule has 0 spiro atoms. The second-order valence-electron chi connectivity index (χ2n) is 8.36. The number of benzene rings is 3. The van der Waals surface area contributed by atoms with Crippen molar-refractivity contribution in [3.63, 3.8) is 0 Å². The van der Waals surface area contributed by atoms with Crippen molar-refractivity contribution in [2.45, 2.75) is 0 Å². The van der Waals surface area contributed by atoms with Gasteiger partial charge in [0.2, 0.25) is 5.91 Å². The van der Waals surface area contributed by atoms with Crippen LogP contribution in [0, 0.1) is 0 Å². The topological polar surface area (TPSA) is 73.9 Å². The van der Waals surface area contributed by atoms with Gasteiger partial charge in [0.1, 0.15) is 5.75 Å². The van der Waals surface area contributed by atoms with Crippen molar-refractivity contribution < 1.29 is 14.3 Å². The van der Waals surface area contributed by atoms with Crippen LogP contribution in [0.15, 0.2) is 83.3 Å². The van der Waals surface area contributed by atoms with Crippen molar-refractivity contribution in [3.8, 4) is 5.75 Å². The summed E-state index contributed by atoms with van der Waals surface area (Å²) in [6, 6.07) is 22.7. The Bertz CT molecular complexity index is 1290. The quantitative estimate of drug-likeness (QED) is 0.318. The maximum Gasteiger partial charge on any atom is 0.257 e. The summed E-state index contributed by atoms with van der Waals surface area (Å²) in [6.07, 6.45) is 3.49. The molecule has 1 fully saturated rings. The number of ether oxygens (including phenoxy) is 1. The third-order valence-corrected chi connectivity index (χ3v) is 6.76. The van der Waals surface area contributed by atoms with Gasteiger partial charge in [-0.05, 0) is 82.3 Å². The highest BCUT2D eigenvalue weighted by molar-refractivity contribution is 9.10. The number of rotatable bonds is 6. The van der Waals surface area contributed by atoms with Crippen LogP contribution in [-0.4, -0.2) is 55.1 Å². The number of amides is 2. The van der Waals surface area contributed by atoms with E-state index in [2.05, 4.69) is 31.5 Å². The summed E-state index contributed by atoms with van der Waals surface area (Å²) in [7, 11) is 1.57. The second kappa shape index (κ2) is 12.5. The van der Waals surface area contributed by atoms with Gasteiger partial charge in [-0.15, -0.1) is 0 Å². The van der Waals surface area contributed by atoms with Crippen LogP contribution in [0.2, 0.25) is 0 Å². The Kier molecular flexibility index (Phi) is 8.92. The molecule has 0 unspecified atom stereocenters. The zero-order chi connectivity index (χ0) is 26.2. The first kappa shape index (κ1) is 26.4. The van der Waals surface area contributed by atoms with E-state index in [1.807, 2.05) is 65.6 Å². The van der Waals surface area contributed by atoms with E-state index in [1.165, 1.54) is 0 Å². The van der Waals surface area contributed by atoms with Crippen LogP contribution in [-0.2, 0) is 4.79 Å². The molecule has 1 saturated heterocycles. The van der Waals surface area contributed by atoms with E-state index in [-0.39, 0.29) is 16.9 Å². The number of carbonyl (C=O) groups is 2. The first-order chi connectivity index (χ1) is 17.9. The fourth-order valence-corrected chi connectivity index (χ4v) is 4.67. The van der Waals surface area contributed by atoms with Gasteiger partial charge >= 0.3 is 0 Å². The molecule has 190 valence electrons. The van der Waals surface area contributed by atoms with Crippen LogP contribution in [0.4, 0.5) is 11.4 Å². The summed E-state index contributed by atoms with van der Waals surface area (Å²) in [5.41, 5.74) is 3.30. The van der Waals surface area contributed by atoms with Crippen molar-refractivity contribution in [2.24, 2.45) is 0 Å². The number of methoxy groups -OCH3 is 1. The smallest absolute Gasteiger partial charge is 0.257 e. The van der Waals surface area contributed by atoms with Gasteiger partial charge in [0.05, 0.1) is 11.6 Å². The van der Waals surface area contributed by atoms with E-state index >= 15 is 0 Å². The van der Waals surface area contributed by atoms with Crippen molar-refractivity contribution in [1.29, 1.82) is 0 Å². The van der Waals surface area contributed by atoms with Gasteiger partial charge in [0.25, 0.3) is 5.91 Å². The predicted octanol–water partition coefficient (Wildman–Crippen LogP) is 4.95. The molecule has 3 aromatic rings. The number of thiocarbonyl (C=S) groups is 1. The molecule has 7 nitrogen and oxygen atoms in total. The maximum atomic E-state index is 12.5. The summed E-state index contributed by atoms with van der Waals surface area (Å²) in [5, 5.41) is 5.94. The lowest BCUT2D eigenvalue weighted by Gasteiger charge is -2.35. The number of piperazine rings is 1. The standard InChI is InChI=1S/C28H27BrN4O3S/c1-36-25-13-8-21(19-24(25)29)27(35)31-28(37)30-22-9-11-23(12-10-22)32-15-17-33(18-16-32)26(34)14-7-20-5-3-2-4-6-20/h2-14,19H,15-18H2,1H3,(H2,30,31,35,37)/b14-7+. The fraction of sp³-hybridized carbons (Fsp3) is 0.179. The van der Waals surface area contributed by atoms with Crippen LogP contribution in [0.3, 0.4) is 0 Å². The minimum atomic E-state index is -0.316. The number of carbonyl (C=O) groups excluding carboxylic acids is 2. The molecule has 0 saturated carbocycles. The highest BCUT2D eigenvalue weighted by Gasteiger charge is 2.20. The molecule has 37 heavy (non-hydrogen) atoms. The van der Waals surface area contributed by atoms with Gasteiger partial charge in [-0.1, -0.05) is 30.3 Å². The first-order valence-corrected chi connectivity index (χ1v) is 13.0. The molecule has 2 N–H and O–H groups in total. The number of halogens is 1. The lowest BCUT2D eigenvalue weighted by Crippen LogP contribution is -2.48. The minimum Gasteiger partial charge on any atom is -0.496 e. The highest BCUT2D eigenvalue weighted by Crippen LogP contribution is 2.25. The molecule has 0 bridgehead atoms. The predicted molar refractivity (Wildman–Crippen MR) is 155 cm³/mol. The number of anilines is 2. The fourth-order valence-electron chi connectivity index (χ4n) is 3.92. The maximum absolute atomic E-state index is 12.5. The number of nitrogens with zero attached hydrogens (tertiary/aromatic N) is 2. The van der Waals surface area contributed by atoms with Gasteiger partial charge in [-0.3, -0.25) is 14.9 Å². The molecule has 1 aliphatic rings. The van der Waals surface area contributed by atoms with Crippen LogP contribution < -0.4 is 20.3 Å². The lowest BCUT2D eigenvalue weighted by molar-refractivity contribution is -0.126. The van der Waals surface area contributed by atoms with E-state index < -0.39 is 0 Å². The van der Waals surface area contributed by atoms with Gasteiger partial charge < -0.3 is 19.9 Å². The van der Waals surface area contributed by atoms with E-state index in [0.717, 1.165) is 30.0 Å². The van der Waals surface area contributed by atoms with Gasteiger partial charge in [0.15, 0.2) is 5.11 Å². The first-order valence-electron chi connectivity index (χ1n) is 11.8. The molecule has 2 amide bonds. The normalized spacial score (nSPS) is 13.4. The molecule has 1 heterocycles.